The predicted molar refractivity (Wildman–Crippen MR) is 48.7 cm³/mol. The molecule has 0 heterocycles. The van der Waals surface area contributed by atoms with Crippen molar-refractivity contribution >= 4 is 28.5 Å². The first-order valence-electron chi connectivity index (χ1n) is 3.23. The van der Waals surface area contributed by atoms with Crippen molar-refractivity contribution in [3.63, 3.8) is 0 Å². The molecule has 0 amide bonds. The normalized spacial score (nSPS) is 9.82. The van der Waals surface area contributed by atoms with Gasteiger partial charge in [0.2, 0.25) is 0 Å². The molecule has 0 aliphatic carbocycles. The van der Waals surface area contributed by atoms with Crippen molar-refractivity contribution < 1.29 is 10.0 Å². The summed E-state index contributed by atoms with van der Waals surface area (Å²) in [5.74, 6) is 0. The summed E-state index contributed by atoms with van der Waals surface area (Å²) in [6.45, 7) is 1.90. The largest absolute Gasteiger partial charge is 0.488 e. The Morgan fingerprint density at radius 3 is 2.45 bits per heavy atom. The lowest BCUT2D eigenvalue weighted by Gasteiger charge is -2.01. The topological polar surface area (TPSA) is 40.5 Å². The van der Waals surface area contributed by atoms with Gasteiger partial charge in [0.05, 0.1) is 0 Å². The molecule has 0 aromatic heterocycles. The Hall–Kier alpha value is -0.315. The van der Waals surface area contributed by atoms with Gasteiger partial charge in [0.1, 0.15) is 0 Å². The van der Waals surface area contributed by atoms with Crippen molar-refractivity contribution in [1.29, 1.82) is 0 Å². The van der Waals surface area contributed by atoms with E-state index >= 15 is 0 Å². The van der Waals surface area contributed by atoms with Crippen LogP contribution in [0.2, 0.25) is 0 Å². The van der Waals surface area contributed by atoms with Gasteiger partial charge in [-0.3, -0.25) is 0 Å². The van der Waals surface area contributed by atoms with Gasteiger partial charge in [0.25, 0.3) is 0 Å². The molecule has 0 bridgehead atoms. The van der Waals surface area contributed by atoms with Gasteiger partial charge in [-0.25, -0.2) is 0 Å². The summed E-state index contributed by atoms with van der Waals surface area (Å²) in [5.41, 5.74) is 1.52. The van der Waals surface area contributed by atoms with Crippen LogP contribution in [-0.4, -0.2) is 17.2 Å². The van der Waals surface area contributed by atoms with Crippen LogP contribution in [0.3, 0.4) is 0 Å². The van der Waals surface area contributed by atoms with Gasteiger partial charge < -0.3 is 10.0 Å². The molecule has 0 spiro atoms. The lowest BCUT2D eigenvalue weighted by atomic mass is 9.80. The van der Waals surface area contributed by atoms with E-state index in [0.29, 0.717) is 5.46 Å². The minimum Gasteiger partial charge on any atom is -0.423 e. The number of hydrogen-bond acceptors (Lipinski definition) is 2. The van der Waals surface area contributed by atoms with E-state index in [9.17, 15) is 0 Å². The van der Waals surface area contributed by atoms with E-state index in [4.69, 9.17) is 10.0 Å². The number of rotatable bonds is 1. The molecule has 1 aromatic rings. The number of halogens is 1. The van der Waals surface area contributed by atoms with Crippen molar-refractivity contribution in [2.75, 3.05) is 0 Å². The average Bonchev–Trinajstić information content (AvgIpc) is 1.94. The summed E-state index contributed by atoms with van der Waals surface area (Å²) < 4.78 is 0.974. The third kappa shape index (κ3) is 2.05. The Balaban J connectivity index is 3.05. The van der Waals surface area contributed by atoms with Gasteiger partial charge in [-0.15, -0.1) is 0 Å². The van der Waals surface area contributed by atoms with Crippen LogP contribution in [0.1, 0.15) is 5.56 Å². The third-order valence-electron chi connectivity index (χ3n) is 1.48. The molecule has 1 rings (SSSR count). The van der Waals surface area contributed by atoms with Crippen LogP contribution in [0.15, 0.2) is 22.7 Å². The van der Waals surface area contributed by atoms with Crippen LogP contribution < -0.4 is 5.46 Å². The monoisotopic (exact) mass is 214 g/mol. The highest BCUT2D eigenvalue weighted by Gasteiger charge is 2.10. The second-order valence-electron chi connectivity index (χ2n) is 2.38. The predicted octanol–water partition coefficient (Wildman–Crippen LogP) is 0.437. The Kier molecular flexibility index (Phi) is 2.70. The highest BCUT2D eigenvalue weighted by molar-refractivity contribution is 9.10. The SMILES string of the molecule is Cc1cc(B(O)O)ccc1Br. The number of hydrogen-bond donors (Lipinski definition) is 2. The molecule has 58 valence electrons. The molecule has 4 heteroatoms. The highest BCUT2D eigenvalue weighted by Crippen LogP contribution is 2.12. The average molecular weight is 215 g/mol. The van der Waals surface area contributed by atoms with Crippen LogP contribution in [0.25, 0.3) is 0 Å². The lowest BCUT2D eigenvalue weighted by molar-refractivity contribution is 0.425. The second-order valence-corrected chi connectivity index (χ2v) is 3.24. The van der Waals surface area contributed by atoms with Crippen molar-refractivity contribution in [1.82, 2.24) is 0 Å². The molecule has 2 N–H and O–H groups in total. The van der Waals surface area contributed by atoms with Crippen LogP contribution in [0.5, 0.6) is 0 Å². The molecule has 0 fully saturated rings. The van der Waals surface area contributed by atoms with E-state index < -0.39 is 7.12 Å². The maximum absolute atomic E-state index is 8.78. The molecule has 0 saturated carbocycles. The zero-order valence-electron chi connectivity index (χ0n) is 6.08. The third-order valence-corrected chi connectivity index (χ3v) is 2.37. The summed E-state index contributed by atoms with van der Waals surface area (Å²) in [6, 6.07) is 5.20. The molecular weight excluding hydrogens is 207 g/mol. The van der Waals surface area contributed by atoms with Crippen LogP contribution >= 0.6 is 15.9 Å². The molecule has 0 radical (unpaired) electrons. The van der Waals surface area contributed by atoms with Gasteiger partial charge in [0.15, 0.2) is 0 Å². The molecule has 11 heavy (non-hydrogen) atoms. The van der Waals surface area contributed by atoms with Gasteiger partial charge in [-0.1, -0.05) is 28.1 Å². The summed E-state index contributed by atoms with van der Waals surface area (Å²) in [4.78, 5) is 0. The van der Waals surface area contributed by atoms with Gasteiger partial charge in [-0.05, 0) is 24.0 Å². The number of aryl methyl sites for hydroxylation is 1. The first-order valence-corrected chi connectivity index (χ1v) is 4.03. The van der Waals surface area contributed by atoms with Crippen molar-refractivity contribution in [2.45, 2.75) is 6.92 Å². The highest BCUT2D eigenvalue weighted by atomic mass is 79.9. The fourth-order valence-electron chi connectivity index (χ4n) is 0.828. The molecule has 2 nitrogen and oxygen atoms in total. The molecule has 0 atom stereocenters. The van der Waals surface area contributed by atoms with E-state index in [1.807, 2.05) is 6.92 Å². The number of benzene rings is 1. The second kappa shape index (κ2) is 3.39. The molecule has 0 aliphatic heterocycles. The Labute approximate surface area is 74.1 Å². The molecule has 0 unspecified atom stereocenters. The Bertz CT molecular complexity index is 263. The molecule has 0 saturated heterocycles. The van der Waals surface area contributed by atoms with Gasteiger partial charge in [0, 0.05) is 4.47 Å². The summed E-state index contributed by atoms with van der Waals surface area (Å²) in [6.07, 6.45) is 0. The van der Waals surface area contributed by atoms with E-state index in [2.05, 4.69) is 15.9 Å². The fraction of sp³-hybridized carbons (Fsp3) is 0.143. The zero-order chi connectivity index (χ0) is 8.43. The van der Waals surface area contributed by atoms with E-state index in [1.165, 1.54) is 0 Å². The lowest BCUT2D eigenvalue weighted by Crippen LogP contribution is -2.29. The molecule has 1 aromatic carbocycles. The minimum absolute atomic E-state index is 0.519. The smallest absolute Gasteiger partial charge is 0.423 e. The Morgan fingerprint density at radius 1 is 1.36 bits per heavy atom. The maximum Gasteiger partial charge on any atom is 0.488 e. The first-order chi connectivity index (χ1) is 5.11. The first kappa shape index (κ1) is 8.78. The van der Waals surface area contributed by atoms with Crippen LogP contribution in [0, 0.1) is 6.92 Å². The van der Waals surface area contributed by atoms with Gasteiger partial charge in [-0.2, -0.15) is 0 Å². The van der Waals surface area contributed by atoms with Crippen molar-refractivity contribution in [2.24, 2.45) is 0 Å². The Morgan fingerprint density at radius 2 is 2.00 bits per heavy atom. The van der Waals surface area contributed by atoms with Crippen molar-refractivity contribution in [3.8, 4) is 0 Å². The summed E-state index contributed by atoms with van der Waals surface area (Å²) in [7, 11) is -1.37. The van der Waals surface area contributed by atoms with Crippen LogP contribution in [-0.2, 0) is 0 Å². The van der Waals surface area contributed by atoms with E-state index in [0.717, 1.165) is 10.0 Å². The maximum atomic E-state index is 8.78. The minimum atomic E-state index is -1.37. The summed E-state index contributed by atoms with van der Waals surface area (Å²) in [5, 5.41) is 17.6. The van der Waals surface area contributed by atoms with Gasteiger partial charge >= 0.3 is 7.12 Å². The van der Waals surface area contributed by atoms with Crippen molar-refractivity contribution in [3.05, 3.63) is 28.2 Å². The molecular formula is C7H8BBrO2. The molecule has 0 aliphatic rings. The van der Waals surface area contributed by atoms with E-state index in [1.54, 1.807) is 18.2 Å². The summed E-state index contributed by atoms with van der Waals surface area (Å²) >= 11 is 3.32. The van der Waals surface area contributed by atoms with Crippen LogP contribution in [0.4, 0.5) is 0 Å². The zero-order valence-corrected chi connectivity index (χ0v) is 7.67. The standard InChI is InChI=1S/C7H8BBrO2/c1-5-4-6(8(10)11)2-3-7(5)9/h2-4,10-11H,1H3. The fourth-order valence-corrected chi connectivity index (χ4v) is 1.08. The van der Waals surface area contributed by atoms with E-state index in [-0.39, 0.29) is 0 Å². The quantitative estimate of drug-likeness (QED) is 0.667.